The van der Waals surface area contributed by atoms with Gasteiger partial charge in [0, 0.05) is 0 Å². The molecule has 0 saturated carbocycles. The molecule has 1 aliphatic rings. The van der Waals surface area contributed by atoms with E-state index in [2.05, 4.69) is 96.1 Å². The zero-order valence-electron chi connectivity index (χ0n) is 17.5. The number of allylic oxidation sites excluding steroid dienone is 4. The van der Waals surface area contributed by atoms with Crippen LogP contribution in [0.5, 0.6) is 5.75 Å². The minimum atomic E-state index is -1.97. The first-order chi connectivity index (χ1) is 12.4. The normalized spacial score (nSPS) is 15.7. The summed E-state index contributed by atoms with van der Waals surface area (Å²) in [6.45, 7) is 13.6. The Labute approximate surface area is 188 Å². The zero-order chi connectivity index (χ0) is 18.8. The van der Waals surface area contributed by atoms with E-state index in [0.717, 1.165) is 5.75 Å². The van der Waals surface area contributed by atoms with Crippen LogP contribution in [-0.4, -0.2) is 3.81 Å². The summed E-state index contributed by atoms with van der Waals surface area (Å²) >= 11 is -1.97. The summed E-state index contributed by atoms with van der Waals surface area (Å²) < 4.78 is 9.74. The minimum Gasteiger partial charge on any atom is -0.147 e. The quantitative estimate of drug-likeness (QED) is 0.434. The van der Waals surface area contributed by atoms with Crippen molar-refractivity contribution in [3.05, 3.63) is 75.2 Å². The van der Waals surface area contributed by atoms with E-state index in [9.17, 15) is 0 Å². The van der Waals surface area contributed by atoms with Gasteiger partial charge >= 0.3 is 164 Å². The van der Waals surface area contributed by atoms with Gasteiger partial charge in [-0.05, 0) is 0 Å². The molecule has 0 saturated heterocycles. The molecule has 4 heteroatoms. The Morgan fingerprint density at radius 1 is 0.821 bits per heavy atom. The predicted molar refractivity (Wildman–Crippen MR) is 124 cm³/mol. The van der Waals surface area contributed by atoms with Crippen LogP contribution in [0.3, 0.4) is 0 Å². The fourth-order valence-electron chi connectivity index (χ4n) is 3.64. The Hall–Kier alpha value is -1.12. The maximum atomic E-state index is 6.70. The van der Waals surface area contributed by atoms with Crippen molar-refractivity contribution < 1.29 is 21.1 Å². The molecule has 1 aliphatic carbocycles. The van der Waals surface area contributed by atoms with Gasteiger partial charge in [-0.25, -0.2) is 0 Å². The van der Waals surface area contributed by atoms with Gasteiger partial charge in [-0.3, -0.25) is 0 Å². The maximum absolute atomic E-state index is 6.70. The summed E-state index contributed by atoms with van der Waals surface area (Å²) in [5, 5.41) is 0. The van der Waals surface area contributed by atoms with E-state index in [4.69, 9.17) is 3.32 Å². The molecule has 0 aromatic heterocycles. The molecule has 0 fully saturated rings. The SMILES string of the molecule is CC1=C(C)C(C)[C]([Ti]([O]c2cccc(-c3ccccc3)c2)=[C](C)C)=C1C.Cl.Cl. The van der Waals surface area contributed by atoms with E-state index in [-0.39, 0.29) is 24.8 Å². The fourth-order valence-corrected chi connectivity index (χ4v) is 7.32. The summed E-state index contributed by atoms with van der Waals surface area (Å²) in [7, 11) is 0. The molecule has 0 bridgehead atoms. The second-order valence-electron chi connectivity index (χ2n) is 7.39. The summed E-state index contributed by atoms with van der Waals surface area (Å²) in [6.07, 6.45) is 0. The van der Waals surface area contributed by atoms with Crippen LogP contribution in [0.15, 0.2) is 75.2 Å². The van der Waals surface area contributed by atoms with E-state index < -0.39 is 17.8 Å². The van der Waals surface area contributed by atoms with Crippen LogP contribution in [0.4, 0.5) is 0 Å². The summed E-state index contributed by atoms with van der Waals surface area (Å²) in [4.78, 5) is 0. The van der Waals surface area contributed by atoms with Gasteiger partial charge in [0.2, 0.25) is 0 Å². The van der Waals surface area contributed by atoms with Crippen molar-refractivity contribution in [2.75, 3.05) is 0 Å². The molecule has 0 amide bonds. The maximum Gasteiger partial charge on any atom is -0.147 e. The largest absolute Gasteiger partial charge is 0.147 e. The third-order valence-corrected chi connectivity index (χ3v) is 9.63. The van der Waals surface area contributed by atoms with Crippen molar-refractivity contribution in [2.24, 2.45) is 5.92 Å². The number of hydrogen-bond acceptors (Lipinski definition) is 1. The second-order valence-corrected chi connectivity index (χ2v) is 11.1. The molecule has 0 aliphatic heterocycles. The third kappa shape index (κ3) is 5.08. The van der Waals surface area contributed by atoms with Crippen LogP contribution in [0, 0.1) is 5.92 Å². The van der Waals surface area contributed by atoms with Gasteiger partial charge in [-0.2, -0.15) is 0 Å². The molecular formula is C24H30Cl2OTi. The third-order valence-electron chi connectivity index (χ3n) is 5.50. The minimum absolute atomic E-state index is 0. The molecular weight excluding hydrogens is 423 g/mol. The molecule has 1 unspecified atom stereocenters. The Balaban J connectivity index is 0.00000196. The Bertz CT molecular complexity index is 923. The average Bonchev–Trinajstić information content (AvgIpc) is 2.84. The van der Waals surface area contributed by atoms with Gasteiger partial charge in [0.15, 0.2) is 0 Å². The Morgan fingerprint density at radius 2 is 1.43 bits per heavy atom. The fraction of sp³-hybridized carbons (Fsp3) is 0.292. The van der Waals surface area contributed by atoms with Crippen molar-refractivity contribution in [2.45, 2.75) is 41.5 Å². The zero-order valence-corrected chi connectivity index (χ0v) is 20.7. The monoisotopic (exact) mass is 452 g/mol. The standard InChI is InChI=1S/C12H10O.C9H13.C3H6.2ClH.Ti/c13-12-8-4-7-11(9-12)10-5-2-1-3-6-10;1-6-5-7(2)9(4)8(6)3;1-3-2;;;/h1-9,13H;6H,1-4H3;1-2H3;2*1H;/q;;;;;+1/p-1. The number of hydrogen-bond donors (Lipinski definition) is 0. The van der Waals surface area contributed by atoms with Crippen LogP contribution in [0.1, 0.15) is 41.5 Å². The second kappa shape index (κ2) is 10.6. The first-order valence-electron chi connectivity index (χ1n) is 9.29. The van der Waals surface area contributed by atoms with Crippen molar-refractivity contribution in [1.29, 1.82) is 0 Å². The van der Waals surface area contributed by atoms with Gasteiger partial charge in [-0.1, -0.05) is 0 Å². The predicted octanol–water partition coefficient (Wildman–Crippen LogP) is 7.58. The van der Waals surface area contributed by atoms with Crippen molar-refractivity contribution in [1.82, 2.24) is 0 Å². The molecule has 1 nitrogen and oxygen atoms in total. The van der Waals surface area contributed by atoms with Crippen LogP contribution < -0.4 is 3.32 Å². The molecule has 0 heterocycles. The van der Waals surface area contributed by atoms with Gasteiger partial charge in [0.05, 0.1) is 0 Å². The summed E-state index contributed by atoms with van der Waals surface area (Å²) in [5.74, 6) is 1.51. The Morgan fingerprint density at radius 3 is 1.96 bits per heavy atom. The average molecular weight is 453 g/mol. The van der Waals surface area contributed by atoms with Gasteiger partial charge in [0.25, 0.3) is 0 Å². The van der Waals surface area contributed by atoms with Crippen LogP contribution in [0.2, 0.25) is 0 Å². The number of halogens is 2. The first kappa shape index (κ1) is 24.9. The smallest absolute Gasteiger partial charge is 0.147 e. The van der Waals surface area contributed by atoms with Gasteiger partial charge in [0.1, 0.15) is 0 Å². The number of rotatable bonds is 4. The van der Waals surface area contributed by atoms with E-state index in [1.165, 1.54) is 31.7 Å². The molecule has 150 valence electrons. The van der Waals surface area contributed by atoms with E-state index in [1.54, 1.807) is 3.88 Å². The topological polar surface area (TPSA) is 9.23 Å². The van der Waals surface area contributed by atoms with E-state index >= 15 is 0 Å². The molecule has 0 spiro atoms. The van der Waals surface area contributed by atoms with Crippen LogP contribution in [0.25, 0.3) is 11.1 Å². The molecule has 28 heavy (non-hydrogen) atoms. The molecule has 3 rings (SSSR count). The Kier molecular flexibility index (Phi) is 9.44. The van der Waals surface area contributed by atoms with E-state index in [0.29, 0.717) is 5.92 Å². The van der Waals surface area contributed by atoms with Gasteiger partial charge in [-0.15, -0.1) is 24.8 Å². The molecule has 0 N–H and O–H groups in total. The van der Waals surface area contributed by atoms with Crippen molar-refractivity contribution >= 4 is 28.6 Å². The first-order valence-corrected chi connectivity index (χ1v) is 11.5. The van der Waals surface area contributed by atoms with E-state index in [1.807, 2.05) is 0 Å². The molecule has 2 aromatic rings. The summed E-state index contributed by atoms with van der Waals surface area (Å²) in [6, 6.07) is 19.1. The molecule has 0 radical (unpaired) electrons. The number of benzene rings is 2. The van der Waals surface area contributed by atoms with Gasteiger partial charge < -0.3 is 0 Å². The van der Waals surface area contributed by atoms with Crippen LogP contribution >= 0.6 is 24.8 Å². The van der Waals surface area contributed by atoms with Crippen molar-refractivity contribution in [3.63, 3.8) is 0 Å². The van der Waals surface area contributed by atoms with Crippen LogP contribution in [-0.2, 0) is 17.8 Å². The van der Waals surface area contributed by atoms with Crippen molar-refractivity contribution in [3.8, 4) is 16.9 Å². The molecule has 2 aromatic carbocycles. The molecule has 1 atom stereocenters. The summed E-state index contributed by atoms with van der Waals surface area (Å²) in [5.41, 5.74) is 6.87.